The van der Waals surface area contributed by atoms with Gasteiger partial charge in [0, 0.05) is 26.9 Å². The summed E-state index contributed by atoms with van der Waals surface area (Å²) >= 11 is 0. The monoisotopic (exact) mass is 231 g/mol. The molecule has 0 aromatic heterocycles. The zero-order valence-corrected chi connectivity index (χ0v) is 10.7. The highest BCUT2D eigenvalue weighted by Gasteiger charge is 2.36. The maximum atomic E-state index is 12.1. The van der Waals surface area contributed by atoms with Crippen LogP contribution >= 0.6 is 7.52 Å². The largest absolute Gasteiger partial charge is 0.321 e. The Morgan fingerprint density at radius 2 is 1.87 bits per heavy atom. The standard InChI is InChI=1S/C11H22NO2P/c1-14-15(2,13)12-8-7-10-5-3-4-6-11(10)9-12/h10-11H,3-9H2,1-2H3. The van der Waals surface area contributed by atoms with E-state index in [2.05, 4.69) is 4.67 Å². The topological polar surface area (TPSA) is 29.5 Å². The molecule has 1 saturated heterocycles. The van der Waals surface area contributed by atoms with Crippen LogP contribution in [0.5, 0.6) is 0 Å². The second-order valence-corrected chi connectivity index (χ2v) is 7.53. The fourth-order valence-corrected chi connectivity index (χ4v) is 4.24. The summed E-state index contributed by atoms with van der Waals surface area (Å²) in [4.78, 5) is 0. The maximum Gasteiger partial charge on any atom is 0.269 e. The molecule has 88 valence electrons. The zero-order valence-electron chi connectivity index (χ0n) is 9.82. The van der Waals surface area contributed by atoms with Crippen LogP contribution in [0.4, 0.5) is 0 Å². The molecule has 0 spiro atoms. The van der Waals surface area contributed by atoms with E-state index in [-0.39, 0.29) is 0 Å². The predicted molar refractivity (Wildman–Crippen MR) is 62.2 cm³/mol. The van der Waals surface area contributed by atoms with Gasteiger partial charge in [0.2, 0.25) is 0 Å². The van der Waals surface area contributed by atoms with Crippen LogP contribution < -0.4 is 0 Å². The normalized spacial score (nSPS) is 36.9. The van der Waals surface area contributed by atoms with Crippen molar-refractivity contribution in [1.29, 1.82) is 0 Å². The lowest BCUT2D eigenvalue weighted by molar-refractivity contribution is 0.126. The lowest BCUT2D eigenvalue weighted by atomic mass is 9.76. The minimum Gasteiger partial charge on any atom is -0.321 e. The SMILES string of the molecule is COP(C)(=O)N1CCC2CCCCC2C1. The number of piperidine rings is 1. The van der Waals surface area contributed by atoms with Crippen molar-refractivity contribution in [3.05, 3.63) is 0 Å². The Labute approximate surface area is 92.7 Å². The van der Waals surface area contributed by atoms with E-state index in [1.807, 2.05) is 0 Å². The van der Waals surface area contributed by atoms with Crippen LogP contribution in [0.1, 0.15) is 32.1 Å². The Morgan fingerprint density at radius 1 is 1.20 bits per heavy atom. The summed E-state index contributed by atoms with van der Waals surface area (Å²) in [7, 11) is -0.916. The summed E-state index contributed by atoms with van der Waals surface area (Å²) in [6.45, 7) is 3.70. The van der Waals surface area contributed by atoms with E-state index < -0.39 is 7.52 Å². The zero-order chi connectivity index (χ0) is 10.9. The summed E-state index contributed by atoms with van der Waals surface area (Å²) in [5, 5.41) is 0. The molecule has 0 radical (unpaired) electrons. The molecule has 15 heavy (non-hydrogen) atoms. The van der Waals surface area contributed by atoms with Crippen LogP contribution in [-0.4, -0.2) is 31.5 Å². The molecule has 1 aliphatic carbocycles. The van der Waals surface area contributed by atoms with Gasteiger partial charge in [-0.15, -0.1) is 0 Å². The number of hydrogen-bond donors (Lipinski definition) is 0. The van der Waals surface area contributed by atoms with Crippen molar-refractivity contribution in [1.82, 2.24) is 4.67 Å². The van der Waals surface area contributed by atoms with E-state index >= 15 is 0 Å². The lowest BCUT2D eigenvalue weighted by Crippen LogP contribution is -2.40. The van der Waals surface area contributed by atoms with E-state index in [0.29, 0.717) is 0 Å². The van der Waals surface area contributed by atoms with Gasteiger partial charge < -0.3 is 4.52 Å². The van der Waals surface area contributed by atoms with Crippen LogP contribution in [0.3, 0.4) is 0 Å². The fraction of sp³-hybridized carbons (Fsp3) is 1.00. The molecule has 0 aromatic carbocycles. The lowest BCUT2D eigenvalue weighted by Gasteiger charge is -2.42. The Bertz CT molecular complexity index is 269. The molecule has 0 bridgehead atoms. The molecular formula is C11H22NO2P. The molecule has 0 aromatic rings. The minimum absolute atomic E-state index is 0.774. The molecular weight excluding hydrogens is 209 g/mol. The first kappa shape index (κ1) is 11.6. The van der Waals surface area contributed by atoms with Gasteiger partial charge in [0.05, 0.1) is 0 Å². The molecule has 1 aliphatic heterocycles. The van der Waals surface area contributed by atoms with E-state index in [0.717, 1.165) is 24.9 Å². The van der Waals surface area contributed by atoms with Gasteiger partial charge in [-0.2, -0.15) is 0 Å². The smallest absolute Gasteiger partial charge is 0.269 e. The number of rotatable bonds is 2. The average Bonchev–Trinajstić information content (AvgIpc) is 2.28. The van der Waals surface area contributed by atoms with Gasteiger partial charge in [-0.05, 0) is 24.7 Å². The van der Waals surface area contributed by atoms with E-state index in [1.165, 1.54) is 32.1 Å². The van der Waals surface area contributed by atoms with E-state index in [1.54, 1.807) is 13.8 Å². The first-order valence-electron chi connectivity index (χ1n) is 6.02. The summed E-state index contributed by atoms with van der Waals surface area (Å²) in [5.74, 6) is 1.67. The van der Waals surface area contributed by atoms with Gasteiger partial charge in [0.1, 0.15) is 0 Å². The highest BCUT2D eigenvalue weighted by molar-refractivity contribution is 7.55. The third-order valence-electron chi connectivity index (χ3n) is 4.12. The molecule has 0 amide bonds. The minimum atomic E-state index is -2.48. The van der Waals surface area contributed by atoms with E-state index in [9.17, 15) is 4.57 Å². The highest BCUT2D eigenvalue weighted by Crippen LogP contribution is 2.50. The van der Waals surface area contributed by atoms with Crippen LogP contribution in [0.15, 0.2) is 0 Å². The van der Waals surface area contributed by atoms with Crippen LogP contribution in [0.2, 0.25) is 0 Å². The predicted octanol–water partition coefficient (Wildman–Crippen LogP) is 2.97. The van der Waals surface area contributed by atoms with Gasteiger partial charge in [-0.3, -0.25) is 4.57 Å². The van der Waals surface area contributed by atoms with Crippen molar-refractivity contribution in [2.45, 2.75) is 32.1 Å². The molecule has 1 saturated carbocycles. The molecule has 3 nitrogen and oxygen atoms in total. The second kappa shape index (κ2) is 4.57. The van der Waals surface area contributed by atoms with Gasteiger partial charge >= 0.3 is 0 Å². The van der Waals surface area contributed by atoms with Crippen molar-refractivity contribution >= 4 is 7.52 Å². The van der Waals surface area contributed by atoms with Crippen molar-refractivity contribution < 1.29 is 9.09 Å². The number of hydrogen-bond acceptors (Lipinski definition) is 2. The Balaban J connectivity index is 1.99. The highest BCUT2D eigenvalue weighted by atomic mass is 31.2. The van der Waals surface area contributed by atoms with Gasteiger partial charge in [0.25, 0.3) is 7.52 Å². The summed E-state index contributed by atoms with van der Waals surface area (Å²) in [6.07, 6.45) is 6.68. The molecule has 3 atom stereocenters. The van der Waals surface area contributed by atoms with Gasteiger partial charge in [-0.25, -0.2) is 4.67 Å². The first-order valence-corrected chi connectivity index (χ1v) is 8.04. The maximum absolute atomic E-state index is 12.1. The fourth-order valence-electron chi connectivity index (χ4n) is 3.03. The van der Waals surface area contributed by atoms with Crippen molar-refractivity contribution in [2.24, 2.45) is 11.8 Å². The van der Waals surface area contributed by atoms with Crippen LogP contribution in [0, 0.1) is 11.8 Å². The van der Waals surface area contributed by atoms with Crippen LogP contribution in [-0.2, 0) is 9.09 Å². The first-order chi connectivity index (χ1) is 7.13. The quantitative estimate of drug-likeness (QED) is 0.684. The van der Waals surface area contributed by atoms with Gasteiger partial charge in [-0.1, -0.05) is 19.3 Å². The Morgan fingerprint density at radius 3 is 2.53 bits per heavy atom. The second-order valence-electron chi connectivity index (χ2n) is 4.99. The molecule has 2 aliphatic rings. The van der Waals surface area contributed by atoms with Crippen LogP contribution in [0.25, 0.3) is 0 Å². The van der Waals surface area contributed by atoms with Crippen molar-refractivity contribution in [3.8, 4) is 0 Å². The Kier molecular flexibility index (Phi) is 3.54. The Hall–Kier alpha value is 0.150. The van der Waals surface area contributed by atoms with E-state index in [4.69, 9.17) is 4.52 Å². The van der Waals surface area contributed by atoms with Gasteiger partial charge in [0.15, 0.2) is 0 Å². The average molecular weight is 231 g/mol. The third-order valence-corrected chi connectivity index (χ3v) is 6.19. The third kappa shape index (κ3) is 2.46. The number of fused-ring (bicyclic) bond motifs is 1. The molecule has 2 rings (SSSR count). The molecule has 1 heterocycles. The molecule has 0 N–H and O–H groups in total. The summed E-state index contributed by atoms with van der Waals surface area (Å²) in [6, 6.07) is 0. The molecule has 3 unspecified atom stereocenters. The van der Waals surface area contributed by atoms with Crippen molar-refractivity contribution in [2.75, 3.05) is 26.9 Å². The summed E-state index contributed by atoms with van der Waals surface area (Å²) in [5.41, 5.74) is 0. The molecule has 4 heteroatoms. The number of nitrogens with zero attached hydrogens (tertiary/aromatic N) is 1. The van der Waals surface area contributed by atoms with Crippen molar-refractivity contribution in [3.63, 3.8) is 0 Å². The summed E-state index contributed by atoms with van der Waals surface area (Å²) < 4.78 is 19.3. The molecule has 2 fully saturated rings.